The normalized spacial score (nSPS) is 10.9. The molecule has 0 unspecified atom stereocenters. The highest BCUT2D eigenvalue weighted by atomic mass is 32.1. The van der Waals surface area contributed by atoms with E-state index in [-0.39, 0.29) is 11.4 Å². The maximum absolute atomic E-state index is 10.9. The molecule has 0 atom stereocenters. The van der Waals surface area contributed by atoms with Gasteiger partial charge in [0, 0.05) is 23.1 Å². The lowest BCUT2D eigenvalue weighted by Crippen LogP contribution is -2.02. The first-order valence-corrected chi connectivity index (χ1v) is 8.58. The van der Waals surface area contributed by atoms with Crippen molar-refractivity contribution in [2.45, 2.75) is 0 Å². The zero-order valence-electron chi connectivity index (χ0n) is 14.1. The van der Waals surface area contributed by atoms with Crippen molar-refractivity contribution in [2.24, 2.45) is 5.10 Å². The van der Waals surface area contributed by atoms with Gasteiger partial charge in [0.25, 0.3) is 5.69 Å². The lowest BCUT2D eigenvalue weighted by molar-refractivity contribution is -0.384. The van der Waals surface area contributed by atoms with Gasteiger partial charge in [-0.1, -0.05) is 24.3 Å². The van der Waals surface area contributed by atoms with Crippen molar-refractivity contribution >= 4 is 28.4 Å². The highest BCUT2D eigenvalue weighted by molar-refractivity contribution is 7.12. The molecule has 8 nitrogen and oxygen atoms in total. The summed E-state index contributed by atoms with van der Waals surface area (Å²) in [5.74, 6) is 0.593. The number of rotatable bonds is 6. The fraction of sp³-hybridized carbons (Fsp3) is 0.0556. The van der Waals surface area contributed by atoms with E-state index in [2.05, 4.69) is 15.5 Å². The number of nitrogens with one attached hydrogen (secondary N) is 1. The van der Waals surface area contributed by atoms with E-state index in [1.54, 1.807) is 36.8 Å². The smallest absolute Gasteiger partial charge is 0.270 e. The number of methoxy groups -OCH3 is 1. The molecule has 0 saturated heterocycles. The van der Waals surface area contributed by atoms with Crippen molar-refractivity contribution in [2.75, 3.05) is 12.5 Å². The number of nitro groups is 1. The molecule has 3 aromatic rings. The van der Waals surface area contributed by atoms with Crippen LogP contribution in [0, 0.1) is 21.4 Å². The summed E-state index contributed by atoms with van der Waals surface area (Å²) in [7, 11) is 1.54. The third-order valence-electron chi connectivity index (χ3n) is 3.56. The van der Waals surface area contributed by atoms with Gasteiger partial charge in [0.2, 0.25) is 0 Å². The highest BCUT2D eigenvalue weighted by Gasteiger charge is 2.13. The summed E-state index contributed by atoms with van der Waals surface area (Å²) >= 11 is 1.23. The first-order chi connectivity index (χ1) is 13.1. The predicted octanol–water partition coefficient (Wildman–Crippen LogP) is 4.07. The number of non-ortho nitro benzene ring substituents is 1. The molecule has 0 aliphatic heterocycles. The van der Waals surface area contributed by atoms with Crippen LogP contribution in [-0.2, 0) is 0 Å². The standard InChI is InChI=1S/C18H13N5O3S/c1-26-17-8-3-2-7-14(17)21-22-15(10-19)18-20-16(11-27-18)12-5-4-6-13(9-12)23(24)25/h2-9,11,21H,1H3. The lowest BCUT2D eigenvalue weighted by atomic mass is 10.1. The van der Waals surface area contributed by atoms with E-state index >= 15 is 0 Å². The number of hydrogen-bond acceptors (Lipinski definition) is 8. The second-order valence-corrected chi connectivity index (χ2v) is 6.09. The molecule has 1 aromatic heterocycles. The van der Waals surface area contributed by atoms with Crippen LogP contribution in [0.25, 0.3) is 11.3 Å². The molecule has 0 aliphatic carbocycles. The van der Waals surface area contributed by atoms with Gasteiger partial charge < -0.3 is 4.74 Å². The summed E-state index contributed by atoms with van der Waals surface area (Å²) in [5, 5.41) is 26.6. The Bertz CT molecular complexity index is 1050. The van der Waals surface area contributed by atoms with Crippen LogP contribution in [0.5, 0.6) is 5.75 Å². The fourth-order valence-corrected chi connectivity index (χ4v) is 3.03. The van der Waals surface area contributed by atoms with Crippen LogP contribution < -0.4 is 10.2 Å². The summed E-state index contributed by atoms with van der Waals surface area (Å²) in [4.78, 5) is 14.8. The van der Waals surface area contributed by atoms with E-state index in [0.717, 1.165) is 0 Å². The van der Waals surface area contributed by atoms with Crippen molar-refractivity contribution < 1.29 is 9.66 Å². The molecule has 2 aromatic carbocycles. The van der Waals surface area contributed by atoms with Crippen molar-refractivity contribution in [3.63, 3.8) is 0 Å². The molecule has 1 N–H and O–H groups in total. The van der Waals surface area contributed by atoms with Crippen molar-refractivity contribution in [1.29, 1.82) is 5.26 Å². The van der Waals surface area contributed by atoms with Crippen LogP contribution in [0.3, 0.4) is 0 Å². The first kappa shape index (κ1) is 18.0. The first-order valence-electron chi connectivity index (χ1n) is 7.70. The van der Waals surface area contributed by atoms with Crippen LogP contribution in [0.2, 0.25) is 0 Å². The Morgan fingerprint density at radius 2 is 2.15 bits per heavy atom. The average Bonchev–Trinajstić information content (AvgIpc) is 3.19. The molecule has 0 saturated carbocycles. The Kier molecular flexibility index (Phi) is 5.39. The number of aromatic nitrogens is 1. The number of hydrazone groups is 1. The Morgan fingerprint density at radius 1 is 1.33 bits per heavy atom. The van der Waals surface area contributed by atoms with Gasteiger partial charge in [-0.3, -0.25) is 15.5 Å². The number of benzene rings is 2. The zero-order chi connectivity index (χ0) is 19.2. The van der Waals surface area contributed by atoms with Crippen molar-refractivity contribution in [1.82, 2.24) is 4.98 Å². The Morgan fingerprint density at radius 3 is 2.89 bits per heavy atom. The number of thiazole rings is 1. The molecule has 134 valence electrons. The van der Waals surface area contributed by atoms with E-state index < -0.39 is 4.92 Å². The second-order valence-electron chi connectivity index (χ2n) is 5.23. The van der Waals surface area contributed by atoms with Crippen molar-refractivity contribution in [3.8, 4) is 23.1 Å². The van der Waals surface area contributed by atoms with Gasteiger partial charge in [0.1, 0.15) is 11.8 Å². The maximum atomic E-state index is 10.9. The third-order valence-corrected chi connectivity index (χ3v) is 4.41. The minimum Gasteiger partial charge on any atom is -0.495 e. The van der Waals surface area contributed by atoms with Gasteiger partial charge in [-0.25, -0.2) is 4.98 Å². The Labute approximate surface area is 158 Å². The summed E-state index contributed by atoms with van der Waals surface area (Å²) < 4.78 is 5.23. The van der Waals surface area contributed by atoms with Crippen LogP contribution in [0.1, 0.15) is 5.01 Å². The maximum Gasteiger partial charge on any atom is 0.270 e. The molecular weight excluding hydrogens is 366 g/mol. The molecule has 0 bridgehead atoms. The van der Waals surface area contributed by atoms with Gasteiger partial charge in [-0.2, -0.15) is 10.4 Å². The second kappa shape index (κ2) is 8.07. The molecule has 27 heavy (non-hydrogen) atoms. The Hall–Kier alpha value is -3.77. The number of hydrogen-bond donors (Lipinski definition) is 1. The summed E-state index contributed by atoms with van der Waals surface area (Å²) in [6, 6.07) is 15.4. The van der Waals surface area contributed by atoms with E-state index in [1.807, 2.05) is 18.2 Å². The molecule has 0 spiro atoms. The van der Waals surface area contributed by atoms with Gasteiger partial charge >= 0.3 is 0 Å². The van der Waals surface area contributed by atoms with Gasteiger partial charge in [0.05, 0.1) is 23.4 Å². The number of nitrogens with zero attached hydrogens (tertiary/aromatic N) is 4. The quantitative estimate of drug-likeness (QED) is 0.392. The zero-order valence-corrected chi connectivity index (χ0v) is 14.9. The molecule has 0 amide bonds. The van der Waals surface area contributed by atoms with E-state index in [9.17, 15) is 15.4 Å². The average molecular weight is 379 g/mol. The van der Waals surface area contributed by atoms with Crippen molar-refractivity contribution in [3.05, 3.63) is 69.0 Å². The van der Waals surface area contributed by atoms with E-state index in [1.165, 1.54) is 23.5 Å². The van der Waals surface area contributed by atoms with E-state index in [0.29, 0.717) is 27.7 Å². The minimum absolute atomic E-state index is 0.0194. The number of ether oxygens (including phenoxy) is 1. The van der Waals surface area contributed by atoms with Crippen LogP contribution in [0.15, 0.2) is 59.0 Å². The fourth-order valence-electron chi connectivity index (χ4n) is 2.27. The molecule has 0 aliphatic rings. The molecule has 3 rings (SSSR count). The lowest BCUT2D eigenvalue weighted by Gasteiger charge is -2.06. The summed E-state index contributed by atoms with van der Waals surface area (Å²) in [6.45, 7) is 0. The summed E-state index contributed by atoms with van der Waals surface area (Å²) in [6.07, 6.45) is 0. The topological polar surface area (TPSA) is 113 Å². The van der Waals surface area contributed by atoms with Gasteiger partial charge in [-0.15, -0.1) is 11.3 Å². The molecule has 0 radical (unpaired) electrons. The van der Waals surface area contributed by atoms with Gasteiger partial charge in [-0.05, 0) is 12.1 Å². The van der Waals surface area contributed by atoms with Crippen LogP contribution >= 0.6 is 11.3 Å². The highest BCUT2D eigenvalue weighted by Crippen LogP contribution is 2.26. The monoisotopic (exact) mass is 379 g/mol. The minimum atomic E-state index is -0.462. The molecule has 1 heterocycles. The number of anilines is 1. The number of nitro benzene ring substituents is 1. The van der Waals surface area contributed by atoms with Gasteiger partial charge in [0.15, 0.2) is 10.7 Å². The third kappa shape index (κ3) is 4.08. The van der Waals surface area contributed by atoms with E-state index in [4.69, 9.17) is 4.74 Å². The number of nitriles is 1. The SMILES string of the molecule is COc1ccccc1NN=C(C#N)c1nc(-c2cccc([N+](=O)[O-])c2)cs1. The molecule has 9 heteroatoms. The Balaban J connectivity index is 1.86. The molecular formula is C18H13N5O3S. The largest absolute Gasteiger partial charge is 0.495 e. The van der Waals surface area contributed by atoms with Crippen LogP contribution in [-0.4, -0.2) is 22.7 Å². The molecule has 0 fully saturated rings. The summed E-state index contributed by atoms with van der Waals surface area (Å²) in [5.41, 5.74) is 4.64. The van der Waals surface area contributed by atoms with Crippen LogP contribution in [0.4, 0.5) is 11.4 Å². The predicted molar refractivity (Wildman–Crippen MR) is 103 cm³/mol. The number of para-hydroxylation sites is 2.